The number of nitrogen functional groups attached to an aromatic ring is 1. The Labute approximate surface area is 96.8 Å². The monoisotopic (exact) mass is 268 g/mol. The lowest BCUT2D eigenvalue weighted by molar-refractivity contribution is 0.480. The number of nitrogens with two attached hydrogens (primary N) is 1. The van der Waals surface area contributed by atoms with Crippen molar-refractivity contribution in [2.24, 2.45) is 0 Å². The highest BCUT2D eigenvalue weighted by Gasteiger charge is 2.13. The first-order valence-corrected chi connectivity index (χ1v) is 5.76. The van der Waals surface area contributed by atoms with Gasteiger partial charge in [0, 0.05) is 10.4 Å². The number of halogens is 1. The topological polar surface area (TPSA) is 52.0 Å². The molecule has 1 aromatic carbocycles. The van der Waals surface area contributed by atoms with E-state index in [0.29, 0.717) is 17.2 Å². The van der Waals surface area contributed by atoms with E-state index in [2.05, 4.69) is 34.8 Å². The fourth-order valence-electron chi connectivity index (χ4n) is 1.43. The van der Waals surface area contributed by atoms with Crippen LogP contribution in [0.4, 0.5) is 5.69 Å². The maximum absolute atomic E-state index is 5.85. The largest absolute Gasteiger partial charge is 0.438 e. The maximum Gasteiger partial charge on any atom is 0.198 e. The van der Waals surface area contributed by atoms with Crippen LogP contribution in [-0.4, -0.2) is 4.98 Å². The van der Waals surface area contributed by atoms with E-state index in [4.69, 9.17) is 10.2 Å². The number of aromatic nitrogens is 1. The van der Waals surface area contributed by atoms with E-state index in [0.717, 1.165) is 22.3 Å². The van der Waals surface area contributed by atoms with Crippen LogP contribution in [0.3, 0.4) is 0 Å². The van der Waals surface area contributed by atoms with Crippen molar-refractivity contribution in [1.29, 1.82) is 0 Å². The Morgan fingerprint density at radius 2 is 2.27 bits per heavy atom. The first-order chi connectivity index (χ1) is 7.11. The molecule has 0 saturated carbocycles. The molecule has 80 valence electrons. The van der Waals surface area contributed by atoms with Crippen molar-refractivity contribution in [3.8, 4) is 0 Å². The standard InChI is InChI=1S/C11H13BrN2O/c1-3-6(2)11-14-9-5-7(12)4-8(13)10(9)15-11/h4-6H,3,13H2,1-2H3. The highest BCUT2D eigenvalue weighted by molar-refractivity contribution is 9.10. The maximum atomic E-state index is 5.85. The summed E-state index contributed by atoms with van der Waals surface area (Å²) in [7, 11) is 0. The van der Waals surface area contributed by atoms with Gasteiger partial charge in [0.2, 0.25) is 0 Å². The number of rotatable bonds is 2. The summed E-state index contributed by atoms with van der Waals surface area (Å²) in [6, 6.07) is 3.75. The van der Waals surface area contributed by atoms with Crippen LogP contribution in [-0.2, 0) is 0 Å². The van der Waals surface area contributed by atoms with Crippen molar-refractivity contribution in [1.82, 2.24) is 4.98 Å². The van der Waals surface area contributed by atoms with Crippen molar-refractivity contribution in [2.45, 2.75) is 26.2 Å². The Morgan fingerprint density at radius 3 is 2.93 bits per heavy atom. The molecule has 4 heteroatoms. The fourth-order valence-corrected chi connectivity index (χ4v) is 1.89. The number of hydrogen-bond acceptors (Lipinski definition) is 3. The molecular formula is C11H13BrN2O. The molecule has 2 aromatic rings. The number of fused-ring (bicyclic) bond motifs is 1. The molecule has 2 N–H and O–H groups in total. The third kappa shape index (κ3) is 1.86. The van der Waals surface area contributed by atoms with E-state index >= 15 is 0 Å². The first kappa shape index (κ1) is 10.5. The first-order valence-electron chi connectivity index (χ1n) is 4.97. The minimum absolute atomic E-state index is 0.329. The van der Waals surface area contributed by atoms with E-state index in [1.807, 2.05) is 12.1 Å². The quantitative estimate of drug-likeness (QED) is 0.846. The lowest BCUT2D eigenvalue weighted by Crippen LogP contribution is -1.89. The van der Waals surface area contributed by atoms with E-state index in [9.17, 15) is 0 Å². The van der Waals surface area contributed by atoms with Crippen molar-refractivity contribution < 1.29 is 4.42 Å². The van der Waals surface area contributed by atoms with Gasteiger partial charge in [0.1, 0.15) is 5.52 Å². The normalized spacial score (nSPS) is 13.3. The Hall–Kier alpha value is -1.03. The predicted octanol–water partition coefficient (Wildman–Crippen LogP) is 3.69. The van der Waals surface area contributed by atoms with Crippen LogP contribution in [0.5, 0.6) is 0 Å². The minimum atomic E-state index is 0.329. The number of oxazole rings is 1. The zero-order chi connectivity index (χ0) is 11.0. The van der Waals surface area contributed by atoms with Crippen molar-refractivity contribution in [2.75, 3.05) is 5.73 Å². The van der Waals surface area contributed by atoms with Crippen LogP contribution >= 0.6 is 15.9 Å². The highest BCUT2D eigenvalue weighted by Crippen LogP contribution is 2.29. The molecule has 1 aromatic heterocycles. The van der Waals surface area contributed by atoms with E-state index in [1.54, 1.807) is 0 Å². The molecule has 0 aliphatic carbocycles. The molecule has 0 spiro atoms. The zero-order valence-corrected chi connectivity index (χ0v) is 10.3. The average molecular weight is 269 g/mol. The van der Waals surface area contributed by atoms with Crippen LogP contribution in [0.15, 0.2) is 21.0 Å². The smallest absolute Gasteiger partial charge is 0.198 e. The molecule has 0 aliphatic rings. The fraction of sp³-hybridized carbons (Fsp3) is 0.364. The summed E-state index contributed by atoms with van der Waals surface area (Å²) in [6.07, 6.45) is 1.01. The molecule has 1 atom stereocenters. The molecule has 15 heavy (non-hydrogen) atoms. The van der Waals surface area contributed by atoms with Gasteiger partial charge in [-0.3, -0.25) is 0 Å². The number of benzene rings is 1. The summed E-state index contributed by atoms with van der Waals surface area (Å²) in [5.74, 6) is 1.09. The molecule has 0 fully saturated rings. The van der Waals surface area contributed by atoms with Gasteiger partial charge in [-0.15, -0.1) is 0 Å². The third-order valence-corrected chi connectivity index (χ3v) is 2.99. The van der Waals surface area contributed by atoms with Crippen molar-refractivity contribution in [3.63, 3.8) is 0 Å². The Kier molecular flexibility index (Phi) is 2.69. The lowest BCUT2D eigenvalue weighted by atomic mass is 10.1. The van der Waals surface area contributed by atoms with Gasteiger partial charge in [-0.25, -0.2) is 4.98 Å². The Bertz CT molecular complexity index is 493. The second-order valence-electron chi connectivity index (χ2n) is 3.70. The van der Waals surface area contributed by atoms with Gasteiger partial charge >= 0.3 is 0 Å². The van der Waals surface area contributed by atoms with Crippen LogP contribution in [0, 0.1) is 0 Å². The summed E-state index contributed by atoms with van der Waals surface area (Å²) < 4.78 is 6.58. The van der Waals surface area contributed by atoms with E-state index < -0.39 is 0 Å². The predicted molar refractivity (Wildman–Crippen MR) is 64.8 cm³/mol. The van der Waals surface area contributed by atoms with Crippen LogP contribution < -0.4 is 5.73 Å². The van der Waals surface area contributed by atoms with Gasteiger partial charge in [0.25, 0.3) is 0 Å². The van der Waals surface area contributed by atoms with E-state index in [-0.39, 0.29) is 0 Å². The summed E-state index contributed by atoms with van der Waals surface area (Å²) in [5.41, 5.74) is 7.98. The van der Waals surface area contributed by atoms with Gasteiger partial charge in [-0.1, -0.05) is 29.8 Å². The molecule has 0 bridgehead atoms. The van der Waals surface area contributed by atoms with Gasteiger partial charge in [-0.2, -0.15) is 0 Å². The summed E-state index contributed by atoms with van der Waals surface area (Å²) >= 11 is 3.38. The third-order valence-electron chi connectivity index (χ3n) is 2.53. The molecule has 0 radical (unpaired) electrons. The summed E-state index contributed by atoms with van der Waals surface area (Å²) in [6.45, 7) is 4.20. The Balaban J connectivity index is 2.60. The minimum Gasteiger partial charge on any atom is -0.438 e. The van der Waals surface area contributed by atoms with Crippen LogP contribution in [0.25, 0.3) is 11.1 Å². The molecule has 2 rings (SSSR count). The second kappa shape index (κ2) is 3.85. The molecule has 0 aliphatic heterocycles. The van der Waals surface area contributed by atoms with Crippen LogP contribution in [0.2, 0.25) is 0 Å². The Morgan fingerprint density at radius 1 is 1.53 bits per heavy atom. The average Bonchev–Trinajstić information content (AvgIpc) is 2.60. The molecule has 3 nitrogen and oxygen atoms in total. The summed E-state index contributed by atoms with van der Waals surface area (Å²) in [4.78, 5) is 4.43. The molecule has 1 unspecified atom stereocenters. The van der Waals surface area contributed by atoms with Crippen LogP contribution in [0.1, 0.15) is 32.1 Å². The number of nitrogens with zero attached hydrogens (tertiary/aromatic N) is 1. The molecular weight excluding hydrogens is 256 g/mol. The lowest BCUT2D eigenvalue weighted by Gasteiger charge is -2.00. The summed E-state index contributed by atoms with van der Waals surface area (Å²) in [5, 5.41) is 0. The van der Waals surface area contributed by atoms with Gasteiger partial charge in [0.05, 0.1) is 5.69 Å². The number of hydrogen-bond donors (Lipinski definition) is 1. The molecule has 1 heterocycles. The zero-order valence-electron chi connectivity index (χ0n) is 8.75. The van der Waals surface area contributed by atoms with Gasteiger partial charge < -0.3 is 10.2 Å². The highest BCUT2D eigenvalue weighted by atomic mass is 79.9. The van der Waals surface area contributed by atoms with Crippen molar-refractivity contribution in [3.05, 3.63) is 22.5 Å². The number of anilines is 1. The second-order valence-corrected chi connectivity index (χ2v) is 4.62. The van der Waals surface area contributed by atoms with E-state index in [1.165, 1.54) is 0 Å². The van der Waals surface area contributed by atoms with Gasteiger partial charge in [-0.05, 0) is 18.6 Å². The molecule has 0 saturated heterocycles. The molecule has 0 amide bonds. The van der Waals surface area contributed by atoms with Gasteiger partial charge in [0.15, 0.2) is 11.5 Å². The SMILES string of the molecule is CCC(C)c1nc2cc(Br)cc(N)c2o1. The van der Waals surface area contributed by atoms with Crippen molar-refractivity contribution >= 4 is 32.7 Å².